The van der Waals surface area contributed by atoms with Crippen LogP contribution >= 0.6 is 0 Å². The number of piperidine rings is 1. The van der Waals surface area contributed by atoms with Gasteiger partial charge in [0.1, 0.15) is 0 Å². The summed E-state index contributed by atoms with van der Waals surface area (Å²) in [5, 5.41) is 6.01. The molecule has 122 valence electrons. The second-order valence-corrected chi connectivity index (χ2v) is 6.63. The second-order valence-electron chi connectivity index (χ2n) is 6.63. The molecule has 0 aromatic rings. The molecule has 1 aliphatic rings. The maximum absolute atomic E-state index is 12.0. The smallest absolute Gasteiger partial charge is 0.234 e. The van der Waals surface area contributed by atoms with Crippen molar-refractivity contribution in [3.8, 4) is 0 Å². The lowest BCUT2D eigenvalue weighted by atomic mass is 9.95. The molecule has 0 bridgehead atoms. The van der Waals surface area contributed by atoms with Crippen LogP contribution in [0, 0.1) is 5.92 Å². The Kier molecular flexibility index (Phi) is 7.15. The summed E-state index contributed by atoms with van der Waals surface area (Å²) in [6.07, 6.45) is 3.58. The van der Waals surface area contributed by atoms with E-state index in [0.29, 0.717) is 6.54 Å². The molecule has 0 unspecified atom stereocenters. The van der Waals surface area contributed by atoms with Crippen molar-refractivity contribution in [2.75, 3.05) is 26.2 Å². The number of nitrogens with one attached hydrogen (secondary N) is 2. The van der Waals surface area contributed by atoms with E-state index in [1.54, 1.807) is 0 Å². The molecule has 5 heteroatoms. The Hall–Kier alpha value is -1.10. The van der Waals surface area contributed by atoms with E-state index in [0.717, 1.165) is 45.3 Å². The van der Waals surface area contributed by atoms with Crippen LogP contribution in [-0.2, 0) is 9.59 Å². The van der Waals surface area contributed by atoms with Crippen LogP contribution in [-0.4, -0.2) is 48.4 Å². The van der Waals surface area contributed by atoms with Crippen molar-refractivity contribution >= 4 is 11.8 Å². The maximum atomic E-state index is 12.0. The van der Waals surface area contributed by atoms with Crippen LogP contribution in [0.15, 0.2) is 0 Å². The fraction of sp³-hybridized carbons (Fsp3) is 0.875. The third-order valence-electron chi connectivity index (χ3n) is 4.24. The molecule has 21 heavy (non-hydrogen) atoms. The molecule has 0 aromatic carbocycles. The number of rotatable bonds is 7. The lowest BCUT2D eigenvalue weighted by molar-refractivity contribution is -0.127. The van der Waals surface area contributed by atoms with Crippen molar-refractivity contribution in [1.82, 2.24) is 15.5 Å². The van der Waals surface area contributed by atoms with Gasteiger partial charge in [0.2, 0.25) is 11.8 Å². The molecule has 0 aliphatic carbocycles. The number of carbonyl (C=O) groups is 2. The van der Waals surface area contributed by atoms with E-state index in [1.165, 1.54) is 0 Å². The predicted octanol–water partition coefficient (Wildman–Crippen LogP) is 1.53. The van der Waals surface area contributed by atoms with Crippen LogP contribution in [0.2, 0.25) is 0 Å². The van der Waals surface area contributed by atoms with Crippen LogP contribution in [0.1, 0.15) is 53.4 Å². The average Bonchev–Trinajstić information content (AvgIpc) is 2.45. The fourth-order valence-corrected chi connectivity index (χ4v) is 2.45. The Balaban J connectivity index is 2.30. The number of hydrogen-bond acceptors (Lipinski definition) is 3. The fourth-order valence-electron chi connectivity index (χ4n) is 2.45. The minimum atomic E-state index is -0.143. The Bertz CT molecular complexity index is 347. The van der Waals surface area contributed by atoms with Crippen molar-refractivity contribution < 1.29 is 9.59 Å². The number of nitrogens with zero attached hydrogens (tertiary/aromatic N) is 1. The zero-order chi connectivity index (χ0) is 15.9. The van der Waals surface area contributed by atoms with Crippen LogP contribution in [0.4, 0.5) is 0 Å². The molecule has 0 spiro atoms. The summed E-state index contributed by atoms with van der Waals surface area (Å²) in [5.74, 6) is 0.367. The maximum Gasteiger partial charge on any atom is 0.234 e. The van der Waals surface area contributed by atoms with Gasteiger partial charge in [0.25, 0.3) is 0 Å². The van der Waals surface area contributed by atoms with Gasteiger partial charge >= 0.3 is 0 Å². The topological polar surface area (TPSA) is 61.4 Å². The Morgan fingerprint density at radius 3 is 2.33 bits per heavy atom. The second kappa shape index (κ2) is 8.37. The lowest BCUT2D eigenvalue weighted by Gasteiger charge is -2.32. The molecule has 0 aromatic heterocycles. The van der Waals surface area contributed by atoms with Gasteiger partial charge in [0.05, 0.1) is 6.54 Å². The molecule has 0 radical (unpaired) electrons. The molecule has 2 N–H and O–H groups in total. The zero-order valence-electron chi connectivity index (χ0n) is 14.0. The zero-order valence-corrected chi connectivity index (χ0v) is 14.0. The van der Waals surface area contributed by atoms with Gasteiger partial charge in [-0.1, -0.05) is 13.8 Å². The largest absolute Gasteiger partial charge is 0.356 e. The van der Waals surface area contributed by atoms with Crippen molar-refractivity contribution in [3.05, 3.63) is 0 Å². The third-order valence-corrected chi connectivity index (χ3v) is 4.24. The Morgan fingerprint density at radius 2 is 1.81 bits per heavy atom. The van der Waals surface area contributed by atoms with Crippen LogP contribution in [0.25, 0.3) is 0 Å². The summed E-state index contributed by atoms with van der Waals surface area (Å²) in [6, 6.07) is 0. The molecule has 1 aliphatic heterocycles. The summed E-state index contributed by atoms with van der Waals surface area (Å²) in [6.45, 7) is 11.0. The molecule has 0 atom stereocenters. The minimum Gasteiger partial charge on any atom is -0.356 e. The predicted molar refractivity (Wildman–Crippen MR) is 85.0 cm³/mol. The van der Waals surface area contributed by atoms with Crippen molar-refractivity contribution in [1.29, 1.82) is 0 Å². The van der Waals surface area contributed by atoms with Crippen molar-refractivity contribution in [2.45, 2.75) is 58.9 Å². The molecule has 5 nitrogen and oxygen atoms in total. The van der Waals surface area contributed by atoms with E-state index < -0.39 is 0 Å². The first-order valence-electron chi connectivity index (χ1n) is 8.19. The minimum absolute atomic E-state index is 0.0794. The first-order chi connectivity index (χ1) is 9.88. The quantitative estimate of drug-likeness (QED) is 0.749. The highest BCUT2D eigenvalue weighted by Gasteiger charge is 2.26. The molecular formula is C16H31N3O2. The van der Waals surface area contributed by atoms with Crippen LogP contribution in [0.3, 0.4) is 0 Å². The number of carbonyl (C=O) groups excluding carboxylic acids is 2. The van der Waals surface area contributed by atoms with E-state index in [4.69, 9.17) is 0 Å². The monoisotopic (exact) mass is 297 g/mol. The van der Waals surface area contributed by atoms with Crippen molar-refractivity contribution in [2.24, 2.45) is 5.92 Å². The van der Waals surface area contributed by atoms with Crippen LogP contribution < -0.4 is 10.6 Å². The van der Waals surface area contributed by atoms with Gasteiger partial charge in [-0.05, 0) is 52.6 Å². The van der Waals surface area contributed by atoms with Gasteiger partial charge in [-0.25, -0.2) is 0 Å². The highest BCUT2D eigenvalue weighted by molar-refractivity contribution is 5.79. The summed E-state index contributed by atoms with van der Waals surface area (Å²) in [7, 11) is 0. The molecule has 2 amide bonds. The highest BCUT2D eigenvalue weighted by atomic mass is 16.2. The Morgan fingerprint density at radius 1 is 1.19 bits per heavy atom. The first kappa shape index (κ1) is 18.0. The van der Waals surface area contributed by atoms with E-state index in [9.17, 15) is 9.59 Å². The van der Waals surface area contributed by atoms with Gasteiger partial charge in [0, 0.05) is 18.0 Å². The third kappa shape index (κ3) is 6.46. The van der Waals surface area contributed by atoms with Gasteiger partial charge in [-0.2, -0.15) is 0 Å². The molecule has 1 fully saturated rings. The van der Waals surface area contributed by atoms with E-state index in [1.807, 2.05) is 13.8 Å². The first-order valence-corrected chi connectivity index (χ1v) is 8.19. The van der Waals surface area contributed by atoms with Gasteiger partial charge in [0.15, 0.2) is 0 Å². The number of likely N-dealkylation sites (tertiary alicyclic amines) is 1. The summed E-state index contributed by atoms with van der Waals surface area (Å²) >= 11 is 0. The molecule has 1 heterocycles. The number of hydrogen-bond donors (Lipinski definition) is 2. The van der Waals surface area contributed by atoms with Gasteiger partial charge < -0.3 is 10.6 Å². The number of amides is 2. The van der Waals surface area contributed by atoms with Gasteiger partial charge in [-0.3, -0.25) is 14.5 Å². The Labute approximate surface area is 128 Å². The SMILES string of the molecule is CCCNC(=O)C1CCN(CC(=O)NC(C)(C)CC)CC1. The summed E-state index contributed by atoms with van der Waals surface area (Å²) in [5.41, 5.74) is -0.143. The van der Waals surface area contributed by atoms with Gasteiger partial charge in [-0.15, -0.1) is 0 Å². The highest BCUT2D eigenvalue weighted by Crippen LogP contribution is 2.17. The lowest BCUT2D eigenvalue weighted by Crippen LogP contribution is -2.49. The van der Waals surface area contributed by atoms with E-state index >= 15 is 0 Å². The van der Waals surface area contributed by atoms with Crippen LogP contribution in [0.5, 0.6) is 0 Å². The molecule has 0 saturated carbocycles. The summed E-state index contributed by atoms with van der Waals surface area (Å²) in [4.78, 5) is 26.1. The molecule has 1 saturated heterocycles. The average molecular weight is 297 g/mol. The van der Waals surface area contributed by atoms with Crippen molar-refractivity contribution in [3.63, 3.8) is 0 Å². The standard InChI is InChI=1S/C16H31N3O2/c1-5-9-17-15(21)13-7-10-19(11-8-13)12-14(20)18-16(3,4)6-2/h13H,5-12H2,1-4H3,(H,17,21)(H,18,20). The van der Waals surface area contributed by atoms with E-state index in [-0.39, 0.29) is 23.3 Å². The summed E-state index contributed by atoms with van der Waals surface area (Å²) < 4.78 is 0. The molecular weight excluding hydrogens is 266 g/mol. The molecule has 1 rings (SSSR count). The normalized spacial score (nSPS) is 17.5. The van der Waals surface area contributed by atoms with E-state index in [2.05, 4.69) is 29.4 Å².